The number of nitrogens with one attached hydrogen (secondary N) is 3. The molecule has 0 saturated carbocycles. The molecule has 1 aromatic heterocycles. The van der Waals surface area contributed by atoms with Gasteiger partial charge in [0.25, 0.3) is 0 Å². The lowest BCUT2D eigenvalue weighted by Gasteiger charge is -2.13. The van der Waals surface area contributed by atoms with E-state index in [1.807, 2.05) is 31.2 Å². The highest BCUT2D eigenvalue weighted by Gasteiger charge is 2.07. The first-order valence-corrected chi connectivity index (χ1v) is 9.23. The topological polar surface area (TPSA) is 91.8 Å². The van der Waals surface area contributed by atoms with Crippen molar-refractivity contribution < 1.29 is 4.79 Å². The van der Waals surface area contributed by atoms with E-state index in [1.54, 1.807) is 0 Å². The fourth-order valence-electron chi connectivity index (χ4n) is 2.80. The molecule has 7 nitrogen and oxygen atoms in total. The summed E-state index contributed by atoms with van der Waals surface area (Å²) in [7, 11) is 0. The number of hydrogen-bond acceptors (Lipinski definition) is 6. The van der Waals surface area contributed by atoms with Crippen LogP contribution in [0.2, 0.25) is 0 Å². The molecule has 0 aliphatic rings. The van der Waals surface area contributed by atoms with Crippen LogP contribution in [-0.4, -0.2) is 27.4 Å². The van der Waals surface area contributed by atoms with E-state index in [2.05, 4.69) is 55.2 Å². The highest BCUT2D eigenvalue weighted by Crippen LogP contribution is 2.25. The number of benzene rings is 2. The fraction of sp³-hybridized carbons (Fsp3) is 0.238. The van der Waals surface area contributed by atoms with Gasteiger partial charge < -0.3 is 16.0 Å². The van der Waals surface area contributed by atoms with Gasteiger partial charge in [0.1, 0.15) is 6.33 Å². The third-order valence-corrected chi connectivity index (χ3v) is 4.23. The molecule has 0 spiro atoms. The van der Waals surface area contributed by atoms with Gasteiger partial charge in [-0.25, -0.2) is 9.97 Å². The fourth-order valence-corrected chi connectivity index (χ4v) is 2.80. The van der Waals surface area contributed by atoms with E-state index in [9.17, 15) is 4.79 Å². The summed E-state index contributed by atoms with van der Waals surface area (Å²) in [4.78, 5) is 24.1. The SMILES string of the molecule is CC(=O)Nc1cccc(Nc2ncnc(NCCCc3ccccc3)n2)c1C. The molecular formula is C21H24N6O. The minimum Gasteiger partial charge on any atom is -0.354 e. The second-order valence-electron chi connectivity index (χ2n) is 6.43. The molecule has 3 aromatic rings. The number of hydrogen-bond donors (Lipinski definition) is 3. The lowest BCUT2D eigenvalue weighted by Crippen LogP contribution is -2.10. The van der Waals surface area contributed by atoms with Gasteiger partial charge in [0.2, 0.25) is 17.8 Å². The van der Waals surface area contributed by atoms with Crippen LogP contribution in [0.4, 0.5) is 23.3 Å². The lowest BCUT2D eigenvalue weighted by atomic mass is 10.1. The van der Waals surface area contributed by atoms with Crippen LogP contribution in [0.5, 0.6) is 0 Å². The molecule has 0 atom stereocenters. The molecule has 7 heteroatoms. The first kappa shape index (κ1) is 19.3. The largest absolute Gasteiger partial charge is 0.354 e. The predicted octanol–water partition coefficient (Wildman–Crippen LogP) is 3.93. The lowest BCUT2D eigenvalue weighted by molar-refractivity contribution is -0.114. The van der Waals surface area contributed by atoms with Gasteiger partial charge in [-0.2, -0.15) is 4.98 Å². The van der Waals surface area contributed by atoms with Crippen molar-refractivity contribution in [3.63, 3.8) is 0 Å². The van der Waals surface area contributed by atoms with E-state index in [1.165, 1.54) is 18.8 Å². The number of amides is 1. The summed E-state index contributed by atoms with van der Waals surface area (Å²) in [5.41, 5.74) is 3.81. The molecule has 0 fully saturated rings. The molecule has 0 saturated heterocycles. The maximum absolute atomic E-state index is 11.3. The third-order valence-electron chi connectivity index (χ3n) is 4.23. The zero-order valence-corrected chi connectivity index (χ0v) is 16.1. The molecule has 3 rings (SSSR count). The molecule has 3 N–H and O–H groups in total. The van der Waals surface area contributed by atoms with Gasteiger partial charge in [-0.1, -0.05) is 36.4 Å². The van der Waals surface area contributed by atoms with Gasteiger partial charge >= 0.3 is 0 Å². The van der Waals surface area contributed by atoms with E-state index < -0.39 is 0 Å². The summed E-state index contributed by atoms with van der Waals surface area (Å²) in [6, 6.07) is 16.0. The van der Waals surface area contributed by atoms with E-state index >= 15 is 0 Å². The quantitative estimate of drug-likeness (QED) is 0.516. The van der Waals surface area contributed by atoms with Crippen LogP contribution in [0.3, 0.4) is 0 Å². The second-order valence-corrected chi connectivity index (χ2v) is 6.43. The standard InChI is InChI=1S/C21H24N6O/c1-15-18(25-16(2)28)11-6-12-19(15)26-21-24-14-23-20(27-21)22-13-7-10-17-8-4-3-5-9-17/h3-6,8-9,11-12,14H,7,10,13H2,1-2H3,(H,25,28)(H2,22,23,24,26,27). The van der Waals surface area contributed by atoms with Gasteiger partial charge in [-0.3, -0.25) is 4.79 Å². The summed E-state index contributed by atoms with van der Waals surface area (Å²) in [6.45, 7) is 4.19. The third kappa shape index (κ3) is 5.51. The Kier molecular flexibility index (Phi) is 6.51. The molecular weight excluding hydrogens is 352 g/mol. The van der Waals surface area contributed by atoms with Crippen molar-refractivity contribution in [2.75, 3.05) is 22.5 Å². The smallest absolute Gasteiger partial charge is 0.232 e. The first-order valence-electron chi connectivity index (χ1n) is 9.23. The Hall–Kier alpha value is -3.48. The Morgan fingerprint density at radius 1 is 0.964 bits per heavy atom. The van der Waals surface area contributed by atoms with Crippen LogP contribution in [0.15, 0.2) is 54.9 Å². The van der Waals surface area contributed by atoms with Crippen LogP contribution in [0.25, 0.3) is 0 Å². The number of anilines is 4. The summed E-state index contributed by atoms with van der Waals surface area (Å²) < 4.78 is 0. The van der Waals surface area contributed by atoms with Crippen LogP contribution in [0.1, 0.15) is 24.5 Å². The van der Waals surface area contributed by atoms with Gasteiger partial charge in [-0.05, 0) is 43.0 Å². The van der Waals surface area contributed by atoms with E-state index in [0.717, 1.165) is 36.3 Å². The highest BCUT2D eigenvalue weighted by atomic mass is 16.1. The monoisotopic (exact) mass is 376 g/mol. The van der Waals surface area contributed by atoms with Crippen molar-refractivity contribution >= 4 is 29.2 Å². The molecule has 1 heterocycles. The van der Waals surface area contributed by atoms with Gasteiger partial charge in [0.15, 0.2) is 0 Å². The molecule has 0 radical (unpaired) electrons. The van der Waals surface area contributed by atoms with Crippen LogP contribution < -0.4 is 16.0 Å². The van der Waals surface area contributed by atoms with Crippen LogP contribution >= 0.6 is 0 Å². The van der Waals surface area contributed by atoms with E-state index in [-0.39, 0.29) is 5.91 Å². The van der Waals surface area contributed by atoms with Crippen molar-refractivity contribution in [2.45, 2.75) is 26.7 Å². The highest BCUT2D eigenvalue weighted by molar-refractivity contribution is 5.90. The van der Waals surface area contributed by atoms with Crippen molar-refractivity contribution in [3.8, 4) is 0 Å². The Labute approximate surface area is 164 Å². The van der Waals surface area contributed by atoms with Crippen LogP contribution in [0, 0.1) is 6.92 Å². The molecule has 2 aromatic carbocycles. The summed E-state index contributed by atoms with van der Waals surface area (Å²) in [5.74, 6) is 0.868. The van der Waals surface area contributed by atoms with Crippen molar-refractivity contribution in [3.05, 3.63) is 66.0 Å². The number of rotatable bonds is 8. The van der Waals surface area contributed by atoms with E-state index in [4.69, 9.17) is 0 Å². The predicted molar refractivity (Wildman–Crippen MR) is 112 cm³/mol. The van der Waals surface area contributed by atoms with Gasteiger partial charge in [0, 0.05) is 24.8 Å². The Bertz CT molecular complexity index is 929. The second kappa shape index (κ2) is 9.45. The van der Waals surface area contributed by atoms with Crippen LogP contribution in [-0.2, 0) is 11.2 Å². The van der Waals surface area contributed by atoms with Crippen molar-refractivity contribution in [2.24, 2.45) is 0 Å². The molecule has 0 aliphatic carbocycles. The minimum atomic E-state index is -0.109. The molecule has 144 valence electrons. The average molecular weight is 376 g/mol. The van der Waals surface area contributed by atoms with Gasteiger partial charge in [0.05, 0.1) is 0 Å². The molecule has 0 bridgehead atoms. The number of nitrogens with zero attached hydrogens (tertiary/aromatic N) is 3. The molecule has 0 unspecified atom stereocenters. The molecule has 0 aliphatic heterocycles. The van der Waals surface area contributed by atoms with Gasteiger partial charge in [-0.15, -0.1) is 0 Å². The molecule has 28 heavy (non-hydrogen) atoms. The first-order chi connectivity index (χ1) is 13.6. The summed E-state index contributed by atoms with van der Waals surface area (Å²) in [6.07, 6.45) is 3.46. The average Bonchev–Trinajstić information content (AvgIpc) is 2.69. The number of carbonyl (C=O) groups excluding carboxylic acids is 1. The minimum absolute atomic E-state index is 0.109. The maximum atomic E-state index is 11.3. The van der Waals surface area contributed by atoms with E-state index in [0.29, 0.717) is 11.9 Å². The zero-order valence-electron chi connectivity index (χ0n) is 16.1. The summed E-state index contributed by atoms with van der Waals surface area (Å²) >= 11 is 0. The Morgan fingerprint density at radius 3 is 2.50 bits per heavy atom. The van der Waals surface area contributed by atoms with Crippen molar-refractivity contribution in [1.82, 2.24) is 15.0 Å². The maximum Gasteiger partial charge on any atom is 0.232 e. The van der Waals surface area contributed by atoms with Crippen molar-refractivity contribution in [1.29, 1.82) is 0 Å². The molecule has 1 amide bonds. The Balaban J connectivity index is 1.58. The Morgan fingerprint density at radius 2 is 1.71 bits per heavy atom. The number of aryl methyl sites for hydroxylation is 1. The number of aromatic nitrogens is 3. The number of carbonyl (C=O) groups is 1. The summed E-state index contributed by atoms with van der Waals surface area (Å²) in [5, 5.41) is 9.24. The normalized spacial score (nSPS) is 10.4. The zero-order chi connectivity index (χ0) is 19.8.